The number of halogens is 2. The maximum atomic E-state index is 13.5. The molecule has 0 spiro atoms. The summed E-state index contributed by atoms with van der Waals surface area (Å²) in [6.07, 6.45) is 1.16. The van der Waals surface area contributed by atoms with Crippen LogP contribution in [0.5, 0.6) is 0 Å². The Morgan fingerprint density at radius 1 is 1.24 bits per heavy atom. The van der Waals surface area contributed by atoms with Crippen LogP contribution in [-0.4, -0.2) is 46.9 Å². The molecule has 9 heteroatoms. The monoisotopic (exact) mass is 487 g/mol. The number of hydrogen-bond donors (Lipinski definition) is 2. The van der Waals surface area contributed by atoms with Gasteiger partial charge in [0.2, 0.25) is 0 Å². The van der Waals surface area contributed by atoms with E-state index in [4.69, 9.17) is 4.74 Å². The Morgan fingerprint density at radius 3 is 2.56 bits per heavy atom. The zero-order chi connectivity index (χ0) is 18.0. The Balaban J connectivity index is 0.00000576. The van der Waals surface area contributed by atoms with E-state index in [1.54, 1.807) is 0 Å². The first-order chi connectivity index (χ1) is 11.4. The van der Waals surface area contributed by atoms with Gasteiger partial charge in [-0.3, -0.25) is 0 Å². The Hall–Kier alpha value is -0.940. The lowest BCUT2D eigenvalue weighted by Gasteiger charge is -2.12. The number of ether oxygens (including phenoxy) is 1. The molecule has 0 aromatic heterocycles. The highest BCUT2D eigenvalue weighted by Gasteiger charge is 2.10. The predicted molar refractivity (Wildman–Crippen MR) is 110 cm³/mol. The summed E-state index contributed by atoms with van der Waals surface area (Å²) in [5.74, 6) is 0.0328. The Bertz CT molecular complexity index is 654. The molecule has 0 bridgehead atoms. The number of guanidine groups is 1. The van der Waals surface area contributed by atoms with Crippen molar-refractivity contribution in [3.05, 3.63) is 35.1 Å². The minimum absolute atomic E-state index is 0. The fourth-order valence-electron chi connectivity index (χ4n) is 2.06. The normalized spacial score (nSPS) is 11.8. The van der Waals surface area contributed by atoms with E-state index in [1.165, 1.54) is 18.2 Å². The minimum Gasteiger partial charge on any atom is -0.380 e. The van der Waals surface area contributed by atoms with Gasteiger partial charge < -0.3 is 15.4 Å². The standard InChI is InChI=1S/C16H26FN3O3S.HI/c1-4-18-16(19-8-9-23-5-2)20-11-14-10-15(17)7-6-13(14)12-24(3,21)22;/h6-7,10H,4-5,8-9,11-12H2,1-3H3,(H2,18,19,20);1H. The summed E-state index contributed by atoms with van der Waals surface area (Å²) in [5, 5.41) is 6.19. The van der Waals surface area contributed by atoms with E-state index in [1.807, 2.05) is 13.8 Å². The van der Waals surface area contributed by atoms with Crippen LogP contribution in [0.4, 0.5) is 4.39 Å². The molecule has 0 saturated heterocycles. The van der Waals surface area contributed by atoms with Gasteiger partial charge in [0.15, 0.2) is 15.8 Å². The van der Waals surface area contributed by atoms with Crippen molar-refractivity contribution in [1.82, 2.24) is 10.6 Å². The van der Waals surface area contributed by atoms with Gasteiger partial charge in [-0.15, -0.1) is 24.0 Å². The molecule has 0 unspecified atom stereocenters. The van der Waals surface area contributed by atoms with Gasteiger partial charge in [-0.05, 0) is 37.1 Å². The van der Waals surface area contributed by atoms with Crippen LogP contribution >= 0.6 is 24.0 Å². The zero-order valence-electron chi connectivity index (χ0n) is 14.8. The fraction of sp³-hybridized carbons (Fsp3) is 0.562. The second-order valence-corrected chi connectivity index (χ2v) is 7.44. The van der Waals surface area contributed by atoms with Gasteiger partial charge in [-0.1, -0.05) is 6.07 Å². The maximum absolute atomic E-state index is 13.5. The van der Waals surface area contributed by atoms with Crippen LogP contribution in [0.1, 0.15) is 25.0 Å². The van der Waals surface area contributed by atoms with E-state index in [0.717, 1.165) is 6.26 Å². The van der Waals surface area contributed by atoms with Crippen LogP contribution in [0.3, 0.4) is 0 Å². The first kappa shape index (κ1) is 24.1. The molecule has 1 aromatic rings. The molecular weight excluding hydrogens is 460 g/mol. The summed E-state index contributed by atoms with van der Waals surface area (Å²) in [6.45, 7) is 6.53. The molecule has 0 aliphatic carbocycles. The van der Waals surface area contributed by atoms with Gasteiger partial charge in [0.25, 0.3) is 0 Å². The van der Waals surface area contributed by atoms with Crippen molar-refractivity contribution in [3.63, 3.8) is 0 Å². The topological polar surface area (TPSA) is 79.8 Å². The molecule has 0 saturated carbocycles. The summed E-state index contributed by atoms with van der Waals surface area (Å²) in [4.78, 5) is 4.39. The Morgan fingerprint density at radius 2 is 1.96 bits per heavy atom. The second-order valence-electron chi connectivity index (χ2n) is 5.30. The molecule has 0 aliphatic rings. The molecule has 6 nitrogen and oxygen atoms in total. The van der Waals surface area contributed by atoms with Gasteiger partial charge in [0.1, 0.15) is 5.82 Å². The molecule has 25 heavy (non-hydrogen) atoms. The van der Waals surface area contributed by atoms with E-state index in [9.17, 15) is 12.8 Å². The Labute approximate surface area is 166 Å². The molecule has 0 aliphatic heterocycles. The summed E-state index contributed by atoms with van der Waals surface area (Å²) >= 11 is 0. The Kier molecular flexibility index (Phi) is 12.0. The highest BCUT2D eigenvalue weighted by molar-refractivity contribution is 14.0. The number of aliphatic imine (C=N–C) groups is 1. The molecule has 0 radical (unpaired) electrons. The van der Waals surface area contributed by atoms with E-state index in [0.29, 0.717) is 43.4 Å². The maximum Gasteiger partial charge on any atom is 0.191 e. The van der Waals surface area contributed by atoms with Gasteiger partial charge in [0.05, 0.1) is 18.9 Å². The SMILES string of the molecule is CCNC(=NCc1cc(F)ccc1CS(C)(=O)=O)NCCOCC.I. The third-order valence-electron chi connectivity index (χ3n) is 3.08. The van der Waals surface area contributed by atoms with Crippen molar-refractivity contribution >= 4 is 39.8 Å². The lowest BCUT2D eigenvalue weighted by Crippen LogP contribution is -2.39. The first-order valence-corrected chi connectivity index (χ1v) is 9.96. The van der Waals surface area contributed by atoms with E-state index < -0.39 is 15.7 Å². The number of hydrogen-bond acceptors (Lipinski definition) is 4. The highest BCUT2D eigenvalue weighted by Crippen LogP contribution is 2.15. The average molecular weight is 487 g/mol. The third kappa shape index (κ3) is 10.6. The van der Waals surface area contributed by atoms with Gasteiger partial charge in [0, 0.05) is 26.0 Å². The van der Waals surface area contributed by atoms with Crippen molar-refractivity contribution in [3.8, 4) is 0 Å². The first-order valence-electron chi connectivity index (χ1n) is 7.90. The lowest BCUT2D eigenvalue weighted by molar-refractivity contribution is 0.152. The number of rotatable bonds is 9. The third-order valence-corrected chi connectivity index (χ3v) is 3.92. The second kappa shape index (κ2) is 12.4. The van der Waals surface area contributed by atoms with Crippen molar-refractivity contribution in [2.45, 2.75) is 26.1 Å². The van der Waals surface area contributed by atoms with Crippen molar-refractivity contribution in [2.24, 2.45) is 4.99 Å². The lowest BCUT2D eigenvalue weighted by atomic mass is 10.1. The van der Waals surface area contributed by atoms with Crippen LogP contribution in [-0.2, 0) is 26.9 Å². The van der Waals surface area contributed by atoms with Crippen LogP contribution in [0.15, 0.2) is 23.2 Å². The highest BCUT2D eigenvalue weighted by atomic mass is 127. The summed E-state index contributed by atoms with van der Waals surface area (Å²) < 4.78 is 41.8. The van der Waals surface area contributed by atoms with Gasteiger partial charge >= 0.3 is 0 Å². The van der Waals surface area contributed by atoms with E-state index >= 15 is 0 Å². The molecule has 0 amide bonds. The summed E-state index contributed by atoms with van der Waals surface area (Å²) in [6, 6.07) is 4.09. The summed E-state index contributed by atoms with van der Waals surface area (Å²) in [7, 11) is -3.20. The molecule has 2 N–H and O–H groups in total. The zero-order valence-corrected chi connectivity index (χ0v) is 18.0. The van der Waals surface area contributed by atoms with Gasteiger partial charge in [-0.25, -0.2) is 17.8 Å². The smallest absolute Gasteiger partial charge is 0.191 e. The van der Waals surface area contributed by atoms with Gasteiger partial charge in [-0.2, -0.15) is 0 Å². The van der Waals surface area contributed by atoms with Crippen LogP contribution in [0.25, 0.3) is 0 Å². The van der Waals surface area contributed by atoms with Crippen molar-refractivity contribution in [2.75, 3.05) is 32.6 Å². The number of benzene rings is 1. The molecular formula is C16H27FIN3O3S. The van der Waals surface area contributed by atoms with Crippen LogP contribution in [0.2, 0.25) is 0 Å². The van der Waals surface area contributed by atoms with Crippen LogP contribution < -0.4 is 10.6 Å². The molecule has 144 valence electrons. The molecule has 0 heterocycles. The van der Waals surface area contributed by atoms with Crippen molar-refractivity contribution in [1.29, 1.82) is 0 Å². The number of sulfone groups is 1. The molecule has 1 aromatic carbocycles. The molecule has 0 atom stereocenters. The van der Waals surface area contributed by atoms with Crippen LogP contribution in [0, 0.1) is 5.82 Å². The van der Waals surface area contributed by atoms with E-state index in [2.05, 4.69) is 15.6 Å². The van der Waals surface area contributed by atoms with Crippen molar-refractivity contribution < 1.29 is 17.5 Å². The summed E-state index contributed by atoms with van der Waals surface area (Å²) in [5.41, 5.74) is 1.12. The fourth-order valence-corrected chi connectivity index (χ4v) is 2.90. The number of nitrogens with zero attached hydrogens (tertiary/aromatic N) is 1. The van der Waals surface area contributed by atoms with E-state index in [-0.39, 0.29) is 36.3 Å². The largest absolute Gasteiger partial charge is 0.380 e. The molecule has 0 fully saturated rings. The average Bonchev–Trinajstić information content (AvgIpc) is 2.50. The predicted octanol–water partition coefficient (Wildman–Crippen LogP) is 2.08. The number of nitrogens with one attached hydrogen (secondary N) is 2. The minimum atomic E-state index is -3.20. The molecule has 1 rings (SSSR count). The quantitative estimate of drug-likeness (QED) is 0.241.